The molecule has 1 fully saturated rings. The van der Waals surface area contributed by atoms with Crippen molar-refractivity contribution in [3.05, 3.63) is 18.0 Å². The van der Waals surface area contributed by atoms with Crippen molar-refractivity contribution in [3.8, 4) is 0 Å². The van der Waals surface area contributed by atoms with Crippen molar-refractivity contribution in [1.82, 2.24) is 15.5 Å². The Morgan fingerprint density at radius 3 is 3.21 bits per heavy atom. The SMILES string of the molecule is O=C(CCc1cn[nH]c1)NCCCC[C@H]1CCCO1. The summed E-state index contributed by atoms with van der Waals surface area (Å²) in [7, 11) is 0. The van der Waals surface area contributed by atoms with E-state index in [0.717, 1.165) is 44.4 Å². The molecule has 1 aliphatic rings. The van der Waals surface area contributed by atoms with Gasteiger partial charge in [-0.2, -0.15) is 5.10 Å². The zero-order valence-electron chi connectivity index (χ0n) is 11.4. The number of hydrogen-bond donors (Lipinski definition) is 2. The topological polar surface area (TPSA) is 67.0 Å². The van der Waals surface area contributed by atoms with Gasteiger partial charge in [-0.25, -0.2) is 0 Å². The molecule has 106 valence electrons. The molecule has 0 unspecified atom stereocenters. The predicted octanol–water partition coefficient (Wildman–Crippen LogP) is 1.81. The highest BCUT2D eigenvalue weighted by atomic mass is 16.5. The maximum atomic E-state index is 11.6. The number of ether oxygens (including phenoxy) is 1. The number of rotatable bonds is 8. The fraction of sp³-hybridized carbons (Fsp3) is 0.714. The number of unbranched alkanes of at least 4 members (excludes halogenated alkanes) is 1. The van der Waals surface area contributed by atoms with Gasteiger partial charge in [-0.05, 0) is 44.1 Å². The summed E-state index contributed by atoms with van der Waals surface area (Å²) in [6.45, 7) is 1.70. The number of carbonyl (C=O) groups is 1. The second kappa shape index (κ2) is 7.94. The maximum absolute atomic E-state index is 11.6. The Balaban J connectivity index is 1.45. The van der Waals surface area contributed by atoms with Crippen molar-refractivity contribution in [2.75, 3.05) is 13.2 Å². The fourth-order valence-corrected chi connectivity index (χ4v) is 2.36. The van der Waals surface area contributed by atoms with E-state index in [-0.39, 0.29) is 5.91 Å². The molecule has 2 N–H and O–H groups in total. The summed E-state index contributed by atoms with van der Waals surface area (Å²) in [5.41, 5.74) is 1.08. The monoisotopic (exact) mass is 265 g/mol. The number of carbonyl (C=O) groups excluding carboxylic acids is 1. The van der Waals surface area contributed by atoms with Gasteiger partial charge in [0.2, 0.25) is 5.91 Å². The van der Waals surface area contributed by atoms with E-state index in [4.69, 9.17) is 4.74 Å². The number of nitrogens with one attached hydrogen (secondary N) is 2. The highest BCUT2D eigenvalue weighted by Gasteiger charge is 2.14. The van der Waals surface area contributed by atoms with Crippen LogP contribution in [-0.2, 0) is 16.0 Å². The van der Waals surface area contributed by atoms with Gasteiger partial charge in [0, 0.05) is 25.8 Å². The molecular formula is C14H23N3O2. The lowest BCUT2D eigenvalue weighted by atomic mass is 10.1. The molecule has 0 radical (unpaired) electrons. The van der Waals surface area contributed by atoms with E-state index in [9.17, 15) is 4.79 Å². The van der Waals surface area contributed by atoms with Gasteiger partial charge in [-0.3, -0.25) is 9.89 Å². The van der Waals surface area contributed by atoms with Crippen molar-refractivity contribution in [3.63, 3.8) is 0 Å². The number of hydrogen-bond acceptors (Lipinski definition) is 3. The standard InChI is InChI=1S/C14H23N3O2/c18-14(7-6-12-10-16-17-11-12)15-8-2-1-4-13-5-3-9-19-13/h10-11,13H,1-9H2,(H,15,18)(H,16,17)/t13-/m0/s1. The minimum absolute atomic E-state index is 0.123. The van der Waals surface area contributed by atoms with Crippen LogP contribution in [-0.4, -0.2) is 35.4 Å². The Morgan fingerprint density at radius 1 is 1.53 bits per heavy atom. The molecule has 1 aliphatic heterocycles. The van der Waals surface area contributed by atoms with E-state index in [0.29, 0.717) is 12.5 Å². The van der Waals surface area contributed by atoms with Gasteiger partial charge in [0.15, 0.2) is 0 Å². The first-order valence-corrected chi connectivity index (χ1v) is 7.20. The number of aryl methyl sites for hydroxylation is 1. The maximum Gasteiger partial charge on any atom is 0.220 e. The Hall–Kier alpha value is -1.36. The van der Waals surface area contributed by atoms with Crippen LogP contribution in [0.25, 0.3) is 0 Å². The van der Waals surface area contributed by atoms with Crippen LogP contribution in [0.2, 0.25) is 0 Å². The van der Waals surface area contributed by atoms with E-state index in [1.54, 1.807) is 6.20 Å². The third-order valence-corrected chi connectivity index (χ3v) is 3.49. The molecule has 5 heteroatoms. The van der Waals surface area contributed by atoms with Crippen LogP contribution in [0.1, 0.15) is 44.1 Å². The molecule has 0 spiro atoms. The molecule has 2 rings (SSSR count). The first-order valence-electron chi connectivity index (χ1n) is 7.20. The Bertz CT molecular complexity index is 359. The van der Waals surface area contributed by atoms with Crippen LogP contribution >= 0.6 is 0 Å². The highest BCUT2D eigenvalue weighted by molar-refractivity contribution is 5.76. The molecule has 1 atom stereocenters. The molecule has 1 saturated heterocycles. The first-order chi connectivity index (χ1) is 9.34. The predicted molar refractivity (Wildman–Crippen MR) is 72.7 cm³/mol. The molecule has 0 bridgehead atoms. The van der Waals surface area contributed by atoms with Crippen LogP contribution in [0.15, 0.2) is 12.4 Å². The molecule has 0 aliphatic carbocycles. The lowest BCUT2D eigenvalue weighted by Gasteiger charge is -2.09. The van der Waals surface area contributed by atoms with E-state index >= 15 is 0 Å². The van der Waals surface area contributed by atoms with Gasteiger partial charge in [-0.1, -0.05) is 0 Å². The summed E-state index contributed by atoms with van der Waals surface area (Å²) in [4.78, 5) is 11.6. The van der Waals surface area contributed by atoms with Gasteiger partial charge < -0.3 is 10.1 Å². The Labute approximate surface area is 114 Å². The van der Waals surface area contributed by atoms with E-state index in [1.807, 2.05) is 6.20 Å². The minimum Gasteiger partial charge on any atom is -0.378 e. The van der Waals surface area contributed by atoms with Crippen LogP contribution in [0.3, 0.4) is 0 Å². The number of aromatic amines is 1. The Morgan fingerprint density at radius 2 is 2.47 bits per heavy atom. The van der Waals surface area contributed by atoms with Gasteiger partial charge in [-0.15, -0.1) is 0 Å². The van der Waals surface area contributed by atoms with Crippen molar-refractivity contribution in [2.45, 2.75) is 51.0 Å². The molecule has 5 nitrogen and oxygen atoms in total. The zero-order valence-corrected chi connectivity index (χ0v) is 11.4. The lowest BCUT2D eigenvalue weighted by Crippen LogP contribution is -2.24. The summed E-state index contributed by atoms with van der Waals surface area (Å²) in [5, 5.41) is 9.56. The molecule has 1 aromatic rings. The van der Waals surface area contributed by atoms with Crippen LogP contribution in [0, 0.1) is 0 Å². The van der Waals surface area contributed by atoms with Crippen LogP contribution in [0.4, 0.5) is 0 Å². The van der Waals surface area contributed by atoms with Gasteiger partial charge in [0.1, 0.15) is 0 Å². The van der Waals surface area contributed by atoms with Crippen molar-refractivity contribution in [1.29, 1.82) is 0 Å². The summed E-state index contributed by atoms with van der Waals surface area (Å²) >= 11 is 0. The molecular weight excluding hydrogens is 242 g/mol. The third kappa shape index (κ3) is 5.42. The van der Waals surface area contributed by atoms with E-state index in [2.05, 4.69) is 15.5 Å². The molecule has 1 amide bonds. The quantitative estimate of drug-likeness (QED) is 0.704. The fourth-order valence-electron chi connectivity index (χ4n) is 2.36. The van der Waals surface area contributed by atoms with Gasteiger partial charge >= 0.3 is 0 Å². The largest absolute Gasteiger partial charge is 0.378 e. The summed E-state index contributed by atoms with van der Waals surface area (Å²) in [6, 6.07) is 0. The number of aromatic nitrogens is 2. The molecule has 2 heterocycles. The molecule has 19 heavy (non-hydrogen) atoms. The normalized spacial score (nSPS) is 18.6. The third-order valence-electron chi connectivity index (χ3n) is 3.49. The second-order valence-corrected chi connectivity index (χ2v) is 5.09. The van der Waals surface area contributed by atoms with Crippen LogP contribution in [0.5, 0.6) is 0 Å². The van der Waals surface area contributed by atoms with Crippen molar-refractivity contribution < 1.29 is 9.53 Å². The molecule has 0 saturated carbocycles. The van der Waals surface area contributed by atoms with E-state index < -0.39 is 0 Å². The summed E-state index contributed by atoms with van der Waals surface area (Å²) < 4.78 is 5.56. The average molecular weight is 265 g/mol. The average Bonchev–Trinajstić information content (AvgIpc) is 3.09. The lowest BCUT2D eigenvalue weighted by molar-refractivity contribution is -0.121. The van der Waals surface area contributed by atoms with Gasteiger partial charge in [0.25, 0.3) is 0 Å². The molecule has 0 aromatic carbocycles. The first kappa shape index (κ1) is 14.1. The van der Waals surface area contributed by atoms with Crippen molar-refractivity contribution in [2.24, 2.45) is 0 Å². The molecule has 1 aromatic heterocycles. The highest BCUT2D eigenvalue weighted by Crippen LogP contribution is 2.17. The van der Waals surface area contributed by atoms with Gasteiger partial charge in [0.05, 0.1) is 12.3 Å². The summed E-state index contributed by atoms with van der Waals surface area (Å²) in [6.07, 6.45) is 11.0. The number of amides is 1. The Kier molecular flexibility index (Phi) is 5.88. The van der Waals surface area contributed by atoms with Crippen molar-refractivity contribution >= 4 is 5.91 Å². The second-order valence-electron chi connectivity index (χ2n) is 5.09. The van der Waals surface area contributed by atoms with E-state index in [1.165, 1.54) is 12.8 Å². The summed E-state index contributed by atoms with van der Waals surface area (Å²) in [5.74, 6) is 0.123. The smallest absolute Gasteiger partial charge is 0.220 e. The number of H-pyrrole nitrogens is 1. The zero-order chi connectivity index (χ0) is 13.3. The minimum atomic E-state index is 0.123. The number of nitrogens with zero attached hydrogens (tertiary/aromatic N) is 1. The van der Waals surface area contributed by atoms with Crippen LogP contribution < -0.4 is 5.32 Å².